The maximum Gasteiger partial charge on any atom is 0.411 e. The van der Waals surface area contributed by atoms with Gasteiger partial charge in [0.05, 0.1) is 0 Å². The first kappa shape index (κ1) is 26.0. The second-order valence-corrected chi connectivity index (χ2v) is 10.7. The monoisotopic (exact) mass is 485 g/mol. The van der Waals surface area contributed by atoms with Gasteiger partial charge in [-0.05, 0) is 47.6 Å². The Kier molecular flexibility index (Phi) is 8.97. The molecule has 6 nitrogen and oxygen atoms in total. The minimum atomic E-state index is -0.549. The summed E-state index contributed by atoms with van der Waals surface area (Å²) in [6.45, 7) is 6.70. The van der Waals surface area contributed by atoms with Gasteiger partial charge in [-0.3, -0.25) is 10.1 Å². The Labute approximate surface area is 207 Å². The predicted molar refractivity (Wildman–Crippen MR) is 137 cm³/mol. The van der Waals surface area contributed by atoms with E-state index < -0.39 is 6.09 Å². The number of nitrogens with two attached hydrogens (primary N) is 1. The summed E-state index contributed by atoms with van der Waals surface area (Å²) in [6, 6.07) is 14.7. The van der Waals surface area contributed by atoms with Crippen LogP contribution in [0.3, 0.4) is 0 Å². The molecule has 3 N–H and O–H groups in total. The third kappa shape index (κ3) is 7.74. The molecule has 2 aromatic rings. The molecule has 0 spiro atoms. The highest BCUT2D eigenvalue weighted by Crippen LogP contribution is 2.30. The van der Waals surface area contributed by atoms with Crippen molar-refractivity contribution in [3.8, 4) is 0 Å². The Hall–Kier alpha value is -2.57. The zero-order chi connectivity index (χ0) is 24.7. The zero-order valence-corrected chi connectivity index (χ0v) is 21.1. The lowest BCUT2D eigenvalue weighted by molar-refractivity contribution is -0.137. The van der Waals surface area contributed by atoms with Gasteiger partial charge in [0.25, 0.3) is 0 Å². The van der Waals surface area contributed by atoms with Gasteiger partial charge in [-0.2, -0.15) is 0 Å². The first-order valence-corrected chi connectivity index (χ1v) is 12.3. The first-order chi connectivity index (χ1) is 16.1. The summed E-state index contributed by atoms with van der Waals surface area (Å²) in [7, 11) is 0. The Morgan fingerprint density at radius 3 is 2.50 bits per heavy atom. The molecule has 0 saturated heterocycles. The van der Waals surface area contributed by atoms with Crippen molar-refractivity contribution >= 4 is 29.3 Å². The van der Waals surface area contributed by atoms with Crippen molar-refractivity contribution in [3.05, 3.63) is 64.7 Å². The van der Waals surface area contributed by atoms with Crippen LogP contribution in [0.4, 0.5) is 10.5 Å². The van der Waals surface area contributed by atoms with E-state index in [0.717, 1.165) is 36.8 Å². The van der Waals surface area contributed by atoms with Crippen LogP contribution in [-0.4, -0.2) is 29.0 Å². The largest absolute Gasteiger partial charge is 0.444 e. The molecular weight excluding hydrogens is 450 g/mol. The molecule has 34 heavy (non-hydrogen) atoms. The second-order valence-electron chi connectivity index (χ2n) is 10.3. The molecule has 1 aliphatic rings. The Morgan fingerprint density at radius 1 is 1.12 bits per heavy atom. The normalized spacial score (nSPS) is 18.3. The lowest BCUT2D eigenvalue weighted by atomic mass is 9.87. The molecule has 7 heteroatoms. The minimum absolute atomic E-state index is 0.0212. The number of carbonyl (C=O) groups excluding carboxylic acids is 2. The summed E-state index contributed by atoms with van der Waals surface area (Å²) in [6.07, 6.45) is 3.82. The van der Waals surface area contributed by atoms with Crippen LogP contribution < -0.4 is 11.1 Å². The van der Waals surface area contributed by atoms with Crippen LogP contribution in [0.2, 0.25) is 5.02 Å². The highest BCUT2D eigenvalue weighted by atomic mass is 35.5. The van der Waals surface area contributed by atoms with E-state index in [4.69, 9.17) is 22.1 Å². The number of hydrogen-bond donors (Lipinski definition) is 2. The fourth-order valence-electron chi connectivity index (χ4n) is 4.31. The highest BCUT2D eigenvalue weighted by molar-refractivity contribution is 6.31. The molecule has 0 aromatic heterocycles. The smallest absolute Gasteiger partial charge is 0.411 e. The van der Waals surface area contributed by atoms with Crippen LogP contribution in [-0.2, 0) is 22.7 Å². The fourth-order valence-corrected chi connectivity index (χ4v) is 4.48. The molecule has 0 bridgehead atoms. The molecule has 0 heterocycles. The van der Waals surface area contributed by atoms with E-state index in [1.165, 1.54) is 0 Å². The Bertz CT molecular complexity index is 975. The van der Waals surface area contributed by atoms with Gasteiger partial charge >= 0.3 is 6.09 Å². The number of hydrogen-bond acceptors (Lipinski definition) is 4. The molecule has 184 valence electrons. The van der Waals surface area contributed by atoms with E-state index in [9.17, 15) is 9.59 Å². The number of rotatable bonds is 7. The summed E-state index contributed by atoms with van der Waals surface area (Å²) < 4.78 is 5.32. The maximum absolute atomic E-state index is 13.3. The van der Waals surface area contributed by atoms with Gasteiger partial charge in [0.1, 0.15) is 6.61 Å². The van der Waals surface area contributed by atoms with E-state index in [-0.39, 0.29) is 30.0 Å². The molecule has 2 atom stereocenters. The number of amides is 2. The van der Waals surface area contributed by atoms with Gasteiger partial charge < -0.3 is 15.4 Å². The molecule has 2 aromatic carbocycles. The van der Waals surface area contributed by atoms with E-state index in [1.54, 1.807) is 18.2 Å². The number of nitrogens with one attached hydrogen (secondary N) is 1. The summed E-state index contributed by atoms with van der Waals surface area (Å²) in [4.78, 5) is 27.5. The fraction of sp³-hybridized carbons (Fsp3) is 0.481. The van der Waals surface area contributed by atoms with Gasteiger partial charge in [-0.15, -0.1) is 0 Å². The number of halogens is 1. The molecule has 3 rings (SSSR count). The third-order valence-electron chi connectivity index (χ3n) is 6.03. The van der Waals surface area contributed by atoms with Crippen molar-refractivity contribution in [3.63, 3.8) is 0 Å². The average molecular weight is 486 g/mol. The Morgan fingerprint density at radius 2 is 1.82 bits per heavy atom. The van der Waals surface area contributed by atoms with Crippen molar-refractivity contribution in [2.24, 2.45) is 11.1 Å². The van der Waals surface area contributed by atoms with Crippen LogP contribution in [0.5, 0.6) is 0 Å². The predicted octanol–water partition coefficient (Wildman–Crippen LogP) is 6.12. The standard InChI is InChI=1S/C27H36ClN3O3/c1-27(2,3)16-25(32)31(24-12-8-7-11-23(24)29)17-20-15-21(13-14-22(20)28)30-26(33)34-18-19-9-5-4-6-10-19/h4-6,9-10,13-15,23-24H,7-8,11-12,16-18,29H2,1-3H3,(H,30,33). The molecule has 0 aliphatic heterocycles. The molecule has 2 amide bonds. The lowest BCUT2D eigenvalue weighted by Crippen LogP contribution is -2.52. The van der Waals surface area contributed by atoms with Crippen molar-refractivity contribution in [2.45, 2.75) is 78.1 Å². The van der Waals surface area contributed by atoms with E-state index >= 15 is 0 Å². The van der Waals surface area contributed by atoms with E-state index in [0.29, 0.717) is 23.7 Å². The van der Waals surface area contributed by atoms with Crippen LogP contribution >= 0.6 is 11.6 Å². The van der Waals surface area contributed by atoms with Crippen molar-refractivity contribution < 1.29 is 14.3 Å². The number of benzene rings is 2. The highest BCUT2D eigenvalue weighted by Gasteiger charge is 2.33. The zero-order valence-electron chi connectivity index (χ0n) is 20.4. The quantitative estimate of drug-likeness (QED) is 0.494. The first-order valence-electron chi connectivity index (χ1n) is 11.9. The SMILES string of the molecule is CC(C)(C)CC(=O)N(Cc1cc(NC(=O)OCc2ccccc2)ccc1Cl)C1CCCCC1N. The summed E-state index contributed by atoms with van der Waals surface area (Å²) >= 11 is 6.52. The number of nitrogens with zero attached hydrogens (tertiary/aromatic N) is 1. The number of ether oxygens (including phenoxy) is 1. The summed E-state index contributed by atoms with van der Waals surface area (Å²) in [5.74, 6) is 0.0755. The van der Waals surface area contributed by atoms with E-state index in [2.05, 4.69) is 26.1 Å². The summed E-state index contributed by atoms with van der Waals surface area (Å²) in [5, 5.41) is 3.30. The van der Waals surface area contributed by atoms with Gasteiger partial charge in [0.2, 0.25) is 5.91 Å². The maximum atomic E-state index is 13.3. The summed E-state index contributed by atoms with van der Waals surface area (Å²) in [5.41, 5.74) is 8.55. The lowest BCUT2D eigenvalue weighted by Gasteiger charge is -2.39. The van der Waals surface area contributed by atoms with Gasteiger partial charge in [-0.25, -0.2) is 4.79 Å². The van der Waals surface area contributed by atoms with Crippen LogP contribution in [0.25, 0.3) is 0 Å². The van der Waals surface area contributed by atoms with Crippen molar-refractivity contribution in [1.29, 1.82) is 0 Å². The Balaban J connectivity index is 1.73. The van der Waals surface area contributed by atoms with Crippen LogP contribution in [0.1, 0.15) is 64.0 Å². The van der Waals surface area contributed by atoms with Gasteiger partial charge in [0.15, 0.2) is 0 Å². The molecular formula is C27H36ClN3O3. The van der Waals surface area contributed by atoms with Gasteiger partial charge in [0, 0.05) is 35.8 Å². The van der Waals surface area contributed by atoms with E-state index in [1.807, 2.05) is 35.2 Å². The van der Waals surface area contributed by atoms with Crippen LogP contribution in [0.15, 0.2) is 48.5 Å². The second kappa shape index (κ2) is 11.7. The van der Waals surface area contributed by atoms with Crippen molar-refractivity contribution in [1.82, 2.24) is 4.90 Å². The molecule has 1 saturated carbocycles. The molecule has 1 aliphatic carbocycles. The van der Waals surface area contributed by atoms with Gasteiger partial charge in [-0.1, -0.05) is 75.5 Å². The number of anilines is 1. The number of carbonyl (C=O) groups is 2. The molecule has 0 radical (unpaired) electrons. The third-order valence-corrected chi connectivity index (χ3v) is 6.40. The topological polar surface area (TPSA) is 84.7 Å². The molecule has 2 unspecified atom stereocenters. The van der Waals surface area contributed by atoms with Crippen molar-refractivity contribution in [2.75, 3.05) is 5.32 Å². The average Bonchev–Trinajstić information content (AvgIpc) is 2.78. The molecule has 1 fully saturated rings. The minimum Gasteiger partial charge on any atom is -0.444 e. The van der Waals surface area contributed by atoms with Crippen LogP contribution in [0, 0.1) is 5.41 Å².